The third-order valence-corrected chi connectivity index (χ3v) is 2.64. The predicted octanol–water partition coefficient (Wildman–Crippen LogP) is 1.82. The Bertz CT molecular complexity index is 365. The molecule has 0 aliphatic carbocycles. The highest BCUT2D eigenvalue weighted by atomic mass is 35.5. The fraction of sp³-hybridized carbons (Fsp3) is 0.462. The number of likely N-dealkylation sites (N-methyl/N-ethyl adjacent to an activating group) is 1. The van der Waals surface area contributed by atoms with Crippen molar-refractivity contribution in [1.82, 2.24) is 10.2 Å². The molecule has 0 saturated carbocycles. The van der Waals surface area contributed by atoms with Crippen LogP contribution in [-0.2, 0) is 4.79 Å². The SMILES string of the molecule is CN(C)CCNCCC(=O)Nc1ccc(Cl)cc1. The van der Waals surface area contributed by atoms with Gasteiger partial charge in [-0.2, -0.15) is 0 Å². The van der Waals surface area contributed by atoms with E-state index in [-0.39, 0.29) is 5.91 Å². The van der Waals surface area contributed by atoms with Crippen molar-refractivity contribution in [2.45, 2.75) is 6.42 Å². The molecule has 4 nitrogen and oxygen atoms in total. The number of rotatable bonds is 7. The Morgan fingerprint density at radius 1 is 1.22 bits per heavy atom. The number of carbonyl (C=O) groups excluding carboxylic acids is 1. The largest absolute Gasteiger partial charge is 0.326 e. The molecular formula is C13H20ClN3O. The lowest BCUT2D eigenvalue weighted by Crippen LogP contribution is -2.29. The van der Waals surface area contributed by atoms with E-state index in [1.165, 1.54) is 0 Å². The van der Waals surface area contributed by atoms with Crippen molar-refractivity contribution in [2.75, 3.05) is 39.0 Å². The van der Waals surface area contributed by atoms with E-state index in [0.717, 1.165) is 18.8 Å². The van der Waals surface area contributed by atoms with E-state index >= 15 is 0 Å². The molecular weight excluding hydrogens is 250 g/mol. The molecule has 1 aromatic carbocycles. The van der Waals surface area contributed by atoms with Gasteiger partial charge in [0.25, 0.3) is 0 Å². The fourth-order valence-corrected chi connectivity index (χ4v) is 1.51. The van der Waals surface area contributed by atoms with Crippen LogP contribution in [0.5, 0.6) is 0 Å². The lowest BCUT2D eigenvalue weighted by molar-refractivity contribution is -0.116. The topological polar surface area (TPSA) is 44.4 Å². The molecule has 18 heavy (non-hydrogen) atoms. The summed E-state index contributed by atoms with van der Waals surface area (Å²) in [5.74, 6) is 0.00896. The molecule has 0 unspecified atom stereocenters. The molecule has 1 rings (SSSR count). The van der Waals surface area contributed by atoms with Crippen molar-refractivity contribution in [3.8, 4) is 0 Å². The average Bonchev–Trinajstić information content (AvgIpc) is 2.31. The van der Waals surface area contributed by atoms with E-state index in [2.05, 4.69) is 15.5 Å². The van der Waals surface area contributed by atoms with Crippen LogP contribution in [0.4, 0.5) is 5.69 Å². The van der Waals surface area contributed by atoms with Crippen LogP contribution in [0.25, 0.3) is 0 Å². The second-order valence-electron chi connectivity index (χ2n) is 4.36. The standard InChI is InChI=1S/C13H20ClN3O/c1-17(2)10-9-15-8-7-13(18)16-12-5-3-11(14)4-6-12/h3-6,15H,7-10H2,1-2H3,(H,16,18). The van der Waals surface area contributed by atoms with Gasteiger partial charge in [-0.25, -0.2) is 0 Å². The lowest BCUT2D eigenvalue weighted by Gasteiger charge is -2.10. The van der Waals surface area contributed by atoms with Crippen LogP contribution in [0.1, 0.15) is 6.42 Å². The summed E-state index contributed by atoms with van der Waals surface area (Å²) < 4.78 is 0. The van der Waals surface area contributed by atoms with Gasteiger partial charge in [-0.15, -0.1) is 0 Å². The number of nitrogens with one attached hydrogen (secondary N) is 2. The molecule has 0 saturated heterocycles. The van der Waals surface area contributed by atoms with E-state index in [1.54, 1.807) is 24.3 Å². The number of carbonyl (C=O) groups is 1. The highest BCUT2D eigenvalue weighted by molar-refractivity contribution is 6.30. The Hall–Kier alpha value is -1.10. The van der Waals surface area contributed by atoms with E-state index in [1.807, 2.05) is 14.1 Å². The Morgan fingerprint density at radius 3 is 2.50 bits per heavy atom. The average molecular weight is 270 g/mol. The zero-order valence-corrected chi connectivity index (χ0v) is 11.6. The summed E-state index contributed by atoms with van der Waals surface area (Å²) in [6.07, 6.45) is 0.468. The van der Waals surface area contributed by atoms with Crippen molar-refractivity contribution in [3.63, 3.8) is 0 Å². The molecule has 2 N–H and O–H groups in total. The number of halogens is 1. The quantitative estimate of drug-likeness (QED) is 0.742. The fourth-order valence-electron chi connectivity index (χ4n) is 1.39. The molecule has 0 aromatic heterocycles. The van der Waals surface area contributed by atoms with E-state index in [9.17, 15) is 4.79 Å². The monoisotopic (exact) mass is 269 g/mol. The van der Waals surface area contributed by atoms with Gasteiger partial charge in [0.2, 0.25) is 5.91 Å². The van der Waals surface area contributed by atoms with Gasteiger partial charge in [-0.1, -0.05) is 11.6 Å². The van der Waals surface area contributed by atoms with Gasteiger partial charge in [0, 0.05) is 36.8 Å². The van der Waals surface area contributed by atoms with Crippen molar-refractivity contribution >= 4 is 23.2 Å². The molecule has 100 valence electrons. The first kappa shape index (κ1) is 15.0. The van der Waals surface area contributed by atoms with E-state index in [0.29, 0.717) is 18.0 Å². The first-order valence-corrected chi connectivity index (χ1v) is 6.36. The molecule has 0 spiro atoms. The molecule has 0 fully saturated rings. The van der Waals surface area contributed by atoms with Gasteiger partial charge in [0.15, 0.2) is 0 Å². The van der Waals surface area contributed by atoms with Crippen LogP contribution in [0.3, 0.4) is 0 Å². The Labute approximate surface area is 113 Å². The third-order valence-electron chi connectivity index (χ3n) is 2.39. The molecule has 5 heteroatoms. The first-order chi connectivity index (χ1) is 8.58. The van der Waals surface area contributed by atoms with Crippen LogP contribution in [0.15, 0.2) is 24.3 Å². The number of nitrogens with zero attached hydrogens (tertiary/aromatic N) is 1. The Balaban J connectivity index is 2.16. The number of benzene rings is 1. The van der Waals surface area contributed by atoms with E-state index < -0.39 is 0 Å². The smallest absolute Gasteiger partial charge is 0.225 e. The van der Waals surface area contributed by atoms with Crippen LogP contribution < -0.4 is 10.6 Å². The molecule has 1 aromatic rings. The minimum Gasteiger partial charge on any atom is -0.326 e. The first-order valence-electron chi connectivity index (χ1n) is 5.99. The summed E-state index contributed by atoms with van der Waals surface area (Å²) in [6, 6.07) is 7.10. The van der Waals surface area contributed by atoms with Gasteiger partial charge in [0.05, 0.1) is 0 Å². The minimum absolute atomic E-state index is 0.00896. The van der Waals surface area contributed by atoms with Crippen molar-refractivity contribution in [3.05, 3.63) is 29.3 Å². The number of anilines is 1. The van der Waals surface area contributed by atoms with Crippen molar-refractivity contribution in [2.24, 2.45) is 0 Å². The summed E-state index contributed by atoms with van der Waals surface area (Å²) in [5.41, 5.74) is 0.776. The molecule has 0 heterocycles. The Kier molecular flexibility index (Phi) is 6.72. The molecule has 0 atom stereocenters. The molecule has 1 amide bonds. The second-order valence-corrected chi connectivity index (χ2v) is 4.79. The van der Waals surface area contributed by atoms with Gasteiger partial charge >= 0.3 is 0 Å². The Morgan fingerprint density at radius 2 is 1.89 bits per heavy atom. The zero-order chi connectivity index (χ0) is 13.4. The summed E-state index contributed by atoms with van der Waals surface area (Å²) in [5, 5.41) is 6.70. The minimum atomic E-state index is 0.00896. The van der Waals surface area contributed by atoms with Crippen LogP contribution in [0.2, 0.25) is 5.02 Å². The maximum absolute atomic E-state index is 11.6. The van der Waals surface area contributed by atoms with E-state index in [4.69, 9.17) is 11.6 Å². The summed E-state index contributed by atoms with van der Waals surface area (Å²) in [6.45, 7) is 2.55. The number of hydrogen-bond acceptors (Lipinski definition) is 3. The summed E-state index contributed by atoms with van der Waals surface area (Å²) in [4.78, 5) is 13.7. The van der Waals surface area contributed by atoms with Crippen LogP contribution in [0, 0.1) is 0 Å². The zero-order valence-electron chi connectivity index (χ0n) is 10.9. The van der Waals surface area contributed by atoms with Crippen molar-refractivity contribution in [1.29, 1.82) is 0 Å². The normalized spacial score (nSPS) is 10.7. The predicted molar refractivity (Wildman–Crippen MR) is 76.1 cm³/mol. The van der Waals surface area contributed by atoms with Gasteiger partial charge < -0.3 is 15.5 Å². The van der Waals surface area contributed by atoms with Gasteiger partial charge in [-0.3, -0.25) is 4.79 Å². The maximum atomic E-state index is 11.6. The molecule has 0 aliphatic rings. The van der Waals surface area contributed by atoms with Gasteiger partial charge in [-0.05, 0) is 38.4 Å². The highest BCUT2D eigenvalue weighted by Crippen LogP contribution is 2.13. The maximum Gasteiger partial charge on any atom is 0.225 e. The van der Waals surface area contributed by atoms with Crippen LogP contribution in [-0.4, -0.2) is 44.5 Å². The number of amides is 1. The van der Waals surface area contributed by atoms with Gasteiger partial charge in [0.1, 0.15) is 0 Å². The summed E-state index contributed by atoms with van der Waals surface area (Å²) >= 11 is 5.77. The molecule has 0 bridgehead atoms. The lowest BCUT2D eigenvalue weighted by atomic mass is 10.3. The summed E-state index contributed by atoms with van der Waals surface area (Å²) in [7, 11) is 4.05. The van der Waals surface area contributed by atoms with Crippen LogP contribution >= 0.6 is 11.6 Å². The molecule has 0 aliphatic heterocycles. The second kappa shape index (κ2) is 8.08. The van der Waals surface area contributed by atoms with Crippen molar-refractivity contribution < 1.29 is 4.79 Å². The molecule has 0 radical (unpaired) electrons. The third kappa shape index (κ3) is 6.59. The number of hydrogen-bond donors (Lipinski definition) is 2. The highest BCUT2D eigenvalue weighted by Gasteiger charge is 2.01.